The Labute approximate surface area is 141 Å². The van der Waals surface area contributed by atoms with E-state index in [1.165, 1.54) is 0 Å². The van der Waals surface area contributed by atoms with Crippen molar-refractivity contribution >= 4 is 5.91 Å². The van der Waals surface area contributed by atoms with Crippen LogP contribution in [0.4, 0.5) is 0 Å². The van der Waals surface area contributed by atoms with Gasteiger partial charge in [-0.15, -0.1) is 0 Å². The number of hydrogen-bond acceptors (Lipinski definition) is 5. The van der Waals surface area contributed by atoms with E-state index in [1.807, 2.05) is 17.0 Å². The minimum absolute atomic E-state index is 0.0150. The van der Waals surface area contributed by atoms with Crippen molar-refractivity contribution in [2.24, 2.45) is 5.92 Å². The van der Waals surface area contributed by atoms with Gasteiger partial charge in [0.2, 0.25) is 0 Å². The van der Waals surface area contributed by atoms with Crippen LogP contribution in [-0.2, 0) is 20.7 Å². The molecular formula is C18H22N2O4. The SMILES string of the molecule is N#CCc1ccc(OCC(=O)N2CCCC(C3OCCO3)C2)cc1. The van der Waals surface area contributed by atoms with Crippen LogP contribution < -0.4 is 4.74 Å². The highest BCUT2D eigenvalue weighted by atomic mass is 16.7. The number of nitrogens with zero attached hydrogens (tertiary/aromatic N) is 2. The van der Waals surface area contributed by atoms with Crippen molar-refractivity contribution in [2.45, 2.75) is 25.6 Å². The molecule has 2 saturated heterocycles. The predicted octanol–water partition coefficient (Wildman–Crippen LogP) is 1.74. The van der Waals surface area contributed by atoms with E-state index in [0.717, 1.165) is 24.9 Å². The lowest BCUT2D eigenvalue weighted by molar-refractivity contribution is -0.141. The molecule has 6 nitrogen and oxygen atoms in total. The molecule has 6 heteroatoms. The van der Waals surface area contributed by atoms with Gasteiger partial charge >= 0.3 is 0 Å². The molecular weight excluding hydrogens is 308 g/mol. The average molecular weight is 330 g/mol. The van der Waals surface area contributed by atoms with Gasteiger partial charge < -0.3 is 19.1 Å². The maximum Gasteiger partial charge on any atom is 0.260 e. The Morgan fingerprint density at radius 2 is 2.04 bits per heavy atom. The van der Waals surface area contributed by atoms with Crippen molar-refractivity contribution in [1.82, 2.24) is 4.90 Å². The second-order valence-electron chi connectivity index (χ2n) is 6.12. The van der Waals surface area contributed by atoms with Crippen LogP contribution in [0.2, 0.25) is 0 Å². The topological polar surface area (TPSA) is 71.8 Å². The van der Waals surface area contributed by atoms with E-state index < -0.39 is 0 Å². The van der Waals surface area contributed by atoms with Crippen LogP contribution in [-0.4, -0.2) is 50.0 Å². The summed E-state index contributed by atoms with van der Waals surface area (Å²) >= 11 is 0. The molecule has 3 rings (SSSR count). The second kappa shape index (κ2) is 8.13. The Hall–Kier alpha value is -2.10. The third-order valence-electron chi connectivity index (χ3n) is 4.41. The first kappa shape index (κ1) is 16.7. The highest BCUT2D eigenvalue weighted by Gasteiger charge is 2.32. The molecule has 0 spiro atoms. The largest absolute Gasteiger partial charge is 0.484 e. The van der Waals surface area contributed by atoms with Crippen LogP contribution in [0.3, 0.4) is 0 Å². The van der Waals surface area contributed by atoms with Gasteiger partial charge in [-0.05, 0) is 30.5 Å². The van der Waals surface area contributed by atoms with Gasteiger partial charge in [0.25, 0.3) is 5.91 Å². The number of carbonyl (C=O) groups excluding carboxylic acids is 1. The molecule has 2 aliphatic heterocycles. The lowest BCUT2D eigenvalue weighted by atomic mass is 9.97. The summed E-state index contributed by atoms with van der Waals surface area (Å²) in [6.07, 6.45) is 2.19. The van der Waals surface area contributed by atoms with E-state index in [4.69, 9.17) is 19.5 Å². The summed E-state index contributed by atoms with van der Waals surface area (Å²) < 4.78 is 16.7. The average Bonchev–Trinajstić information content (AvgIpc) is 3.16. The summed E-state index contributed by atoms with van der Waals surface area (Å²) in [5, 5.41) is 8.66. The van der Waals surface area contributed by atoms with Gasteiger partial charge in [-0.1, -0.05) is 12.1 Å². The quantitative estimate of drug-likeness (QED) is 0.822. The Bertz CT molecular complexity index is 590. The fourth-order valence-electron chi connectivity index (χ4n) is 3.14. The predicted molar refractivity (Wildman–Crippen MR) is 86.3 cm³/mol. The fourth-order valence-corrected chi connectivity index (χ4v) is 3.14. The number of likely N-dealkylation sites (tertiary alicyclic amines) is 1. The van der Waals surface area contributed by atoms with Crippen molar-refractivity contribution in [1.29, 1.82) is 5.26 Å². The van der Waals surface area contributed by atoms with E-state index >= 15 is 0 Å². The van der Waals surface area contributed by atoms with E-state index in [-0.39, 0.29) is 24.7 Å². The Morgan fingerprint density at radius 3 is 2.75 bits per heavy atom. The number of ether oxygens (including phenoxy) is 3. The summed E-state index contributed by atoms with van der Waals surface area (Å²) in [6.45, 7) is 2.72. The zero-order chi connectivity index (χ0) is 16.8. The summed E-state index contributed by atoms with van der Waals surface area (Å²) in [4.78, 5) is 14.2. The van der Waals surface area contributed by atoms with Crippen LogP contribution in [0.25, 0.3) is 0 Å². The number of rotatable bonds is 5. The molecule has 1 aromatic rings. The van der Waals surface area contributed by atoms with E-state index in [1.54, 1.807) is 12.1 Å². The van der Waals surface area contributed by atoms with E-state index in [0.29, 0.717) is 31.9 Å². The van der Waals surface area contributed by atoms with Gasteiger partial charge in [0.05, 0.1) is 25.7 Å². The number of piperidine rings is 1. The molecule has 2 fully saturated rings. The zero-order valence-electron chi connectivity index (χ0n) is 13.6. The molecule has 2 heterocycles. The number of benzene rings is 1. The van der Waals surface area contributed by atoms with Crippen LogP contribution >= 0.6 is 0 Å². The number of carbonyl (C=O) groups is 1. The lowest BCUT2D eigenvalue weighted by Gasteiger charge is -2.34. The maximum absolute atomic E-state index is 12.4. The van der Waals surface area contributed by atoms with Gasteiger partial charge in [-0.25, -0.2) is 0 Å². The van der Waals surface area contributed by atoms with Gasteiger partial charge in [0.1, 0.15) is 5.75 Å². The van der Waals surface area contributed by atoms with Crippen LogP contribution in [0.5, 0.6) is 5.75 Å². The summed E-state index contributed by atoms with van der Waals surface area (Å²) in [7, 11) is 0. The van der Waals surface area contributed by atoms with Crippen LogP contribution in [0.1, 0.15) is 18.4 Å². The minimum Gasteiger partial charge on any atom is -0.484 e. The molecule has 1 unspecified atom stereocenters. The minimum atomic E-state index is -0.172. The fraction of sp³-hybridized carbons (Fsp3) is 0.556. The molecule has 1 atom stereocenters. The maximum atomic E-state index is 12.4. The molecule has 0 radical (unpaired) electrons. The van der Waals surface area contributed by atoms with Gasteiger partial charge in [0.15, 0.2) is 12.9 Å². The van der Waals surface area contributed by atoms with Gasteiger partial charge in [0, 0.05) is 19.0 Å². The third-order valence-corrected chi connectivity index (χ3v) is 4.41. The van der Waals surface area contributed by atoms with Crippen molar-refractivity contribution < 1.29 is 19.0 Å². The molecule has 1 amide bonds. The Kier molecular flexibility index (Phi) is 5.68. The van der Waals surface area contributed by atoms with Crippen molar-refractivity contribution in [2.75, 3.05) is 32.9 Å². The van der Waals surface area contributed by atoms with E-state index in [2.05, 4.69) is 6.07 Å². The molecule has 2 aliphatic rings. The first-order chi connectivity index (χ1) is 11.8. The van der Waals surface area contributed by atoms with Gasteiger partial charge in [-0.2, -0.15) is 5.26 Å². The molecule has 0 saturated carbocycles. The van der Waals surface area contributed by atoms with Crippen LogP contribution in [0, 0.1) is 17.2 Å². The Morgan fingerprint density at radius 1 is 1.29 bits per heavy atom. The summed E-state index contributed by atoms with van der Waals surface area (Å²) in [5.74, 6) is 0.871. The summed E-state index contributed by atoms with van der Waals surface area (Å²) in [5.41, 5.74) is 0.937. The smallest absolute Gasteiger partial charge is 0.260 e. The standard InChI is InChI=1S/C18H22N2O4/c19-8-7-14-3-5-16(6-4-14)24-13-17(21)20-9-1-2-15(12-20)18-22-10-11-23-18/h3-6,15,18H,1-2,7,9-13H2. The van der Waals surface area contributed by atoms with Gasteiger partial charge in [-0.3, -0.25) is 4.79 Å². The van der Waals surface area contributed by atoms with E-state index in [9.17, 15) is 4.79 Å². The molecule has 0 N–H and O–H groups in total. The number of hydrogen-bond donors (Lipinski definition) is 0. The Balaban J connectivity index is 1.48. The number of amides is 1. The van der Waals surface area contributed by atoms with Crippen molar-refractivity contribution in [3.63, 3.8) is 0 Å². The zero-order valence-corrected chi connectivity index (χ0v) is 13.6. The monoisotopic (exact) mass is 330 g/mol. The molecule has 0 bridgehead atoms. The van der Waals surface area contributed by atoms with Crippen molar-refractivity contribution in [3.8, 4) is 11.8 Å². The summed E-state index contributed by atoms with van der Waals surface area (Å²) in [6, 6.07) is 9.37. The molecule has 128 valence electrons. The molecule has 24 heavy (non-hydrogen) atoms. The number of nitriles is 1. The molecule has 0 aliphatic carbocycles. The normalized spacial score (nSPS) is 21.5. The first-order valence-corrected chi connectivity index (χ1v) is 8.36. The molecule has 1 aromatic carbocycles. The highest BCUT2D eigenvalue weighted by Crippen LogP contribution is 2.25. The third kappa shape index (κ3) is 4.25. The highest BCUT2D eigenvalue weighted by molar-refractivity contribution is 5.77. The van der Waals surface area contributed by atoms with Crippen molar-refractivity contribution in [3.05, 3.63) is 29.8 Å². The lowest BCUT2D eigenvalue weighted by Crippen LogP contribution is -2.45. The first-order valence-electron chi connectivity index (χ1n) is 8.36. The second-order valence-corrected chi connectivity index (χ2v) is 6.12. The van der Waals surface area contributed by atoms with Crippen LogP contribution in [0.15, 0.2) is 24.3 Å². The molecule has 0 aromatic heterocycles.